The van der Waals surface area contributed by atoms with Gasteiger partial charge in [-0.2, -0.15) is 0 Å². The first-order valence-electron chi connectivity index (χ1n) is 7.14. The second-order valence-electron chi connectivity index (χ2n) is 5.64. The predicted molar refractivity (Wildman–Crippen MR) is 86.4 cm³/mol. The Labute approximate surface area is 130 Å². The molecule has 1 unspecified atom stereocenters. The van der Waals surface area contributed by atoms with Crippen LogP contribution in [0.1, 0.15) is 49.5 Å². The molecule has 1 nitrogen and oxygen atoms in total. The van der Waals surface area contributed by atoms with Crippen LogP contribution in [0.3, 0.4) is 0 Å². The first kappa shape index (κ1) is 16.1. The number of hydrogen-bond acceptors (Lipinski definition) is 2. The fourth-order valence-corrected chi connectivity index (χ4v) is 3.24. The van der Waals surface area contributed by atoms with Crippen molar-refractivity contribution in [2.75, 3.05) is 0 Å². The first-order chi connectivity index (χ1) is 9.88. The molecular formula is C18H21FOS. The van der Waals surface area contributed by atoms with Gasteiger partial charge in [0.25, 0.3) is 0 Å². The molecule has 0 heterocycles. The smallest absolute Gasteiger partial charge is 0.126 e. The highest BCUT2D eigenvalue weighted by Crippen LogP contribution is 2.35. The van der Waals surface area contributed by atoms with Crippen LogP contribution in [0, 0.1) is 12.7 Å². The van der Waals surface area contributed by atoms with Gasteiger partial charge in [-0.1, -0.05) is 37.7 Å². The van der Waals surface area contributed by atoms with E-state index in [1.807, 2.05) is 0 Å². The standard InChI is InChI=1S/C18H21FOS/c1-11(2)14-5-7-15(8-6-14)21-18-9-12(3)17(19)10-16(18)13(4)20/h5-11,13,20H,1-4H3. The van der Waals surface area contributed by atoms with Crippen LogP contribution in [0.4, 0.5) is 4.39 Å². The Bertz CT molecular complexity index is 618. The van der Waals surface area contributed by atoms with E-state index < -0.39 is 6.10 Å². The van der Waals surface area contributed by atoms with Gasteiger partial charge in [0.15, 0.2) is 0 Å². The van der Waals surface area contributed by atoms with E-state index in [1.54, 1.807) is 31.7 Å². The van der Waals surface area contributed by atoms with Gasteiger partial charge < -0.3 is 5.11 Å². The highest BCUT2D eigenvalue weighted by Gasteiger charge is 2.13. The summed E-state index contributed by atoms with van der Waals surface area (Å²) < 4.78 is 13.7. The molecule has 0 aromatic heterocycles. The topological polar surface area (TPSA) is 20.2 Å². The van der Waals surface area contributed by atoms with Crippen molar-refractivity contribution in [3.8, 4) is 0 Å². The molecule has 2 aromatic carbocycles. The molecule has 0 aliphatic carbocycles. The van der Waals surface area contributed by atoms with Gasteiger partial charge in [-0.25, -0.2) is 4.39 Å². The molecule has 3 heteroatoms. The second-order valence-corrected chi connectivity index (χ2v) is 6.76. The van der Waals surface area contributed by atoms with Crippen LogP contribution in [0.2, 0.25) is 0 Å². The molecule has 0 aliphatic rings. The molecule has 2 aromatic rings. The summed E-state index contributed by atoms with van der Waals surface area (Å²) in [6, 6.07) is 11.6. The lowest BCUT2D eigenvalue weighted by molar-refractivity contribution is 0.196. The molecule has 1 N–H and O–H groups in total. The maximum atomic E-state index is 13.7. The van der Waals surface area contributed by atoms with E-state index in [-0.39, 0.29) is 5.82 Å². The number of rotatable bonds is 4. The summed E-state index contributed by atoms with van der Waals surface area (Å²) >= 11 is 1.56. The fraction of sp³-hybridized carbons (Fsp3) is 0.333. The van der Waals surface area contributed by atoms with Crippen LogP contribution in [0.15, 0.2) is 46.2 Å². The van der Waals surface area contributed by atoms with Crippen LogP contribution in [0.25, 0.3) is 0 Å². The van der Waals surface area contributed by atoms with E-state index in [9.17, 15) is 9.50 Å². The largest absolute Gasteiger partial charge is 0.389 e. The van der Waals surface area contributed by atoms with Gasteiger partial charge in [0, 0.05) is 9.79 Å². The lowest BCUT2D eigenvalue weighted by Gasteiger charge is -2.14. The summed E-state index contributed by atoms with van der Waals surface area (Å²) in [5.41, 5.74) is 2.53. The number of aryl methyl sites for hydroxylation is 1. The molecule has 21 heavy (non-hydrogen) atoms. The van der Waals surface area contributed by atoms with Gasteiger partial charge in [-0.05, 0) is 60.7 Å². The van der Waals surface area contributed by atoms with Gasteiger partial charge >= 0.3 is 0 Å². The average Bonchev–Trinajstić information content (AvgIpc) is 2.43. The number of hydrogen-bond donors (Lipinski definition) is 1. The van der Waals surface area contributed by atoms with Gasteiger partial charge in [0.1, 0.15) is 5.82 Å². The predicted octanol–water partition coefficient (Wildman–Crippen LogP) is 5.46. The lowest BCUT2D eigenvalue weighted by Crippen LogP contribution is -1.97. The summed E-state index contributed by atoms with van der Waals surface area (Å²) in [6.45, 7) is 7.73. The summed E-state index contributed by atoms with van der Waals surface area (Å²) in [7, 11) is 0. The second kappa shape index (κ2) is 6.63. The Morgan fingerprint density at radius 1 is 1.05 bits per heavy atom. The van der Waals surface area contributed by atoms with Crippen molar-refractivity contribution in [1.82, 2.24) is 0 Å². The van der Waals surface area contributed by atoms with Crippen molar-refractivity contribution in [2.24, 2.45) is 0 Å². The first-order valence-corrected chi connectivity index (χ1v) is 7.96. The molecule has 0 aliphatic heterocycles. The van der Waals surface area contributed by atoms with E-state index in [4.69, 9.17) is 0 Å². The Hall–Kier alpha value is -1.32. The molecule has 0 radical (unpaired) electrons. The zero-order valence-electron chi connectivity index (χ0n) is 12.9. The summed E-state index contributed by atoms with van der Waals surface area (Å²) in [5, 5.41) is 9.83. The summed E-state index contributed by atoms with van der Waals surface area (Å²) in [5.74, 6) is 0.232. The molecular weight excluding hydrogens is 283 g/mol. The van der Waals surface area contributed by atoms with Crippen molar-refractivity contribution in [2.45, 2.75) is 49.5 Å². The van der Waals surface area contributed by atoms with Crippen molar-refractivity contribution >= 4 is 11.8 Å². The van der Waals surface area contributed by atoms with Gasteiger partial charge in [0.2, 0.25) is 0 Å². The van der Waals surface area contributed by atoms with Crippen LogP contribution >= 0.6 is 11.8 Å². The van der Waals surface area contributed by atoms with E-state index in [0.29, 0.717) is 17.0 Å². The van der Waals surface area contributed by atoms with Gasteiger partial charge in [-0.15, -0.1) is 0 Å². The molecule has 1 atom stereocenters. The monoisotopic (exact) mass is 304 g/mol. The minimum absolute atomic E-state index is 0.273. The SMILES string of the molecule is Cc1cc(Sc2ccc(C(C)C)cc2)c(C(C)O)cc1F. The Balaban J connectivity index is 2.32. The van der Waals surface area contributed by atoms with Gasteiger partial charge in [-0.3, -0.25) is 0 Å². The number of aliphatic hydroxyl groups excluding tert-OH is 1. The Morgan fingerprint density at radius 2 is 1.67 bits per heavy atom. The van der Waals surface area contributed by atoms with Crippen LogP contribution in [-0.2, 0) is 0 Å². The summed E-state index contributed by atoms with van der Waals surface area (Å²) in [6.07, 6.45) is -0.683. The van der Waals surface area contributed by atoms with Crippen molar-refractivity contribution < 1.29 is 9.50 Å². The molecule has 0 saturated carbocycles. The third-order valence-electron chi connectivity index (χ3n) is 3.52. The van der Waals surface area contributed by atoms with Crippen molar-refractivity contribution in [3.05, 3.63) is 58.9 Å². The van der Waals surface area contributed by atoms with Crippen LogP contribution in [-0.4, -0.2) is 5.11 Å². The third-order valence-corrected chi connectivity index (χ3v) is 4.60. The molecule has 0 bridgehead atoms. The van der Waals surface area contributed by atoms with E-state index >= 15 is 0 Å². The maximum Gasteiger partial charge on any atom is 0.126 e. The van der Waals surface area contributed by atoms with Crippen molar-refractivity contribution in [3.63, 3.8) is 0 Å². The Kier molecular flexibility index (Phi) is 5.07. The zero-order chi connectivity index (χ0) is 15.6. The van der Waals surface area contributed by atoms with E-state index in [2.05, 4.69) is 38.1 Å². The van der Waals surface area contributed by atoms with Crippen LogP contribution < -0.4 is 0 Å². The molecule has 0 amide bonds. The van der Waals surface area contributed by atoms with Gasteiger partial charge in [0.05, 0.1) is 6.10 Å². The lowest BCUT2D eigenvalue weighted by atomic mass is 10.0. The normalized spacial score (nSPS) is 12.7. The fourth-order valence-electron chi connectivity index (χ4n) is 2.13. The maximum absolute atomic E-state index is 13.7. The number of benzene rings is 2. The zero-order valence-corrected chi connectivity index (χ0v) is 13.7. The Morgan fingerprint density at radius 3 is 2.19 bits per heavy atom. The minimum atomic E-state index is -0.683. The molecule has 0 spiro atoms. The molecule has 2 rings (SSSR count). The molecule has 0 fully saturated rings. The van der Waals surface area contributed by atoms with Crippen LogP contribution in [0.5, 0.6) is 0 Å². The van der Waals surface area contributed by atoms with Crippen molar-refractivity contribution in [1.29, 1.82) is 0 Å². The molecule has 112 valence electrons. The van der Waals surface area contributed by atoms with E-state index in [0.717, 1.165) is 9.79 Å². The van der Waals surface area contributed by atoms with E-state index in [1.165, 1.54) is 11.6 Å². The number of aliphatic hydroxyl groups is 1. The summed E-state index contributed by atoms with van der Waals surface area (Å²) in [4.78, 5) is 1.99. The quantitative estimate of drug-likeness (QED) is 0.809. The average molecular weight is 304 g/mol. The highest BCUT2D eigenvalue weighted by molar-refractivity contribution is 7.99. The highest BCUT2D eigenvalue weighted by atomic mass is 32.2. The minimum Gasteiger partial charge on any atom is -0.389 e. The molecule has 0 saturated heterocycles. The third kappa shape index (κ3) is 3.86. The number of halogens is 1.